The topological polar surface area (TPSA) is 137 Å². The van der Waals surface area contributed by atoms with Crippen molar-refractivity contribution in [1.82, 2.24) is 0 Å². The minimum Gasteiger partial charge on any atom is 0 e. The van der Waals surface area contributed by atoms with Gasteiger partial charge in [-0.15, -0.1) is 0 Å². The number of hydrogen-bond donors (Lipinski definition) is 0. The largest absolute Gasteiger partial charge is 0 e. The van der Waals surface area contributed by atoms with Gasteiger partial charge in [0.05, 0.1) is 12.2 Å². The second-order valence-electron chi connectivity index (χ2n) is 5.09. The molecule has 2 rings (SSSR count). The number of nitrogens with zero attached hydrogens (tertiary/aromatic N) is 1. The molecule has 2 aliphatic heterocycles. The van der Waals surface area contributed by atoms with Gasteiger partial charge in [0.25, 0.3) is 0 Å². The van der Waals surface area contributed by atoms with Gasteiger partial charge in [0.1, 0.15) is 6.10 Å². The first-order valence-corrected chi connectivity index (χ1v) is 7.00. The van der Waals surface area contributed by atoms with E-state index in [0.717, 1.165) is 0 Å². The second kappa shape index (κ2) is 16.1. The number of ether oxygens (including phenoxy) is 4. The molecule has 9 nitrogen and oxygen atoms in total. The van der Waals surface area contributed by atoms with Crippen molar-refractivity contribution in [2.45, 2.75) is 51.0 Å². The normalized spacial score (nSPS) is 27.0. The smallest absolute Gasteiger partial charge is 0 e. The van der Waals surface area contributed by atoms with Crippen LogP contribution < -0.4 is 0 Å². The fourth-order valence-corrected chi connectivity index (χ4v) is 2.36. The molecular weight excluding hydrogens is 402 g/mol. The molecule has 2 heterocycles. The maximum atomic E-state index is 11.3. The van der Waals surface area contributed by atoms with Gasteiger partial charge < -0.3 is 18.9 Å². The van der Waals surface area contributed by atoms with Gasteiger partial charge >= 0.3 is 40.1 Å². The van der Waals surface area contributed by atoms with E-state index in [1.807, 2.05) is 26.8 Å². The predicted octanol–water partition coefficient (Wildman–Crippen LogP) is 1.95. The van der Waals surface area contributed by atoms with E-state index < -0.39 is 30.3 Å². The van der Waals surface area contributed by atoms with E-state index in [1.54, 1.807) is 18.2 Å². The van der Waals surface area contributed by atoms with Crippen LogP contribution in [0.5, 0.6) is 0 Å². The minimum absolute atomic E-state index is 0. The molecule has 0 unspecified atom stereocenters. The van der Waals surface area contributed by atoms with Crippen LogP contribution >= 0.6 is 0 Å². The van der Waals surface area contributed by atoms with Crippen LogP contribution in [0.4, 0.5) is 4.79 Å². The van der Waals surface area contributed by atoms with Crippen LogP contribution in [0.15, 0.2) is 24.3 Å². The molecular formula is C17H17FeNO8. The quantitative estimate of drug-likeness (QED) is 0.171. The molecule has 0 aromatic rings. The third-order valence-electron chi connectivity index (χ3n) is 3.05. The first-order chi connectivity index (χ1) is 12.4. The van der Waals surface area contributed by atoms with Crippen LogP contribution in [0.1, 0.15) is 20.8 Å². The standard InChI is InChI=1S/C14H17NO5.3CO.Fe/c1-9-11(20-14(2,3)19-9)12-10(17-13(16)18-12)7-5-4-6-8-15;3*1-2;/h4-7,9-12H,1-3H3;;;;/b6-4+,7-5+;;;;/t9-,10+,11+,12-;;;;/m0..../s1. The van der Waals surface area contributed by atoms with Crippen molar-refractivity contribution in [3.63, 3.8) is 0 Å². The van der Waals surface area contributed by atoms with E-state index in [-0.39, 0.29) is 23.2 Å². The molecule has 4 atom stereocenters. The van der Waals surface area contributed by atoms with E-state index >= 15 is 0 Å². The molecule has 10 heteroatoms. The summed E-state index contributed by atoms with van der Waals surface area (Å²) < 4.78 is 44.2. The van der Waals surface area contributed by atoms with Gasteiger partial charge in [0, 0.05) is 23.1 Å². The molecule has 0 amide bonds. The maximum absolute atomic E-state index is 11.3. The number of allylic oxidation sites excluding steroid dienone is 3. The van der Waals surface area contributed by atoms with Crippen LogP contribution in [0, 0.1) is 31.3 Å². The number of carbonyl (C=O) groups is 1. The number of hydrogen-bond acceptors (Lipinski definition) is 6. The van der Waals surface area contributed by atoms with Crippen molar-refractivity contribution in [1.29, 1.82) is 5.26 Å². The molecule has 0 radical (unpaired) electrons. The summed E-state index contributed by atoms with van der Waals surface area (Å²) in [5.41, 5.74) is 0. The summed E-state index contributed by atoms with van der Waals surface area (Å²) >= 11 is 0. The van der Waals surface area contributed by atoms with Crippen LogP contribution in [-0.4, -0.2) is 36.4 Å². The Labute approximate surface area is 167 Å². The van der Waals surface area contributed by atoms with E-state index in [1.165, 1.54) is 6.08 Å². The molecule has 2 fully saturated rings. The van der Waals surface area contributed by atoms with Crippen molar-refractivity contribution in [2.24, 2.45) is 0 Å². The van der Waals surface area contributed by atoms with E-state index in [9.17, 15) is 4.79 Å². The Kier molecular flexibility index (Phi) is 17.7. The van der Waals surface area contributed by atoms with Gasteiger partial charge in [-0.2, -0.15) is 5.26 Å². The van der Waals surface area contributed by atoms with Gasteiger partial charge in [-0.25, -0.2) is 4.79 Å². The summed E-state index contributed by atoms with van der Waals surface area (Å²) in [4.78, 5) is 11.3. The van der Waals surface area contributed by atoms with E-state index in [2.05, 4.69) is 20.0 Å². The van der Waals surface area contributed by atoms with Gasteiger partial charge in [-0.1, -0.05) is 12.2 Å². The number of cyclic esters (lactones) is 2. The van der Waals surface area contributed by atoms with Crippen LogP contribution in [0.3, 0.4) is 0 Å². The third kappa shape index (κ3) is 9.97. The molecule has 0 aromatic heterocycles. The van der Waals surface area contributed by atoms with Crippen molar-refractivity contribution >= 4 is 6.16 Å². The predicted molar refractivity (Wildman–Crippen MR) is 80.3 cm³/mol. The Morgan fingerprint density at radius 2 is 1.59 bits per heavy atom. The summed E-state index contributed by atoms with van der Waals surface area (Å²) in [5.74, 6) is -0.714. The molecule has 2 aliphatic rings. The molecule has 0 bridgehead atoms. The zero-order chi connectivity index (χ0) is 20.8. The molecule has 2 saturated heterocycles. The van der Waals surface area contributed by atoms with Crippen LogP contribution in [0.25, 0.3) is 0 Å². The first-order valence-electron chi connectivity index (χ1n) is 7.00. The van der Waals surface area contributed by atoms with Gasteiger partial charge in [0.2, 0.25) is 0 Å². The van der Waals surface area contributed by atoms with Crippen molar-refractivity contribution in [3.8, 4) is 6.07 Å². The number of nitriles is 1. The summed E-state index contributed by atoms with van der Waals surface area (Å²) in [6.45, 7) is 19.0. The van der Waals surface area contributed by atoms with E-state index in [4.69, 9.17) is 38.2 Å². The summed E-state index contributed by atoms with van der Waals surface area (Å²) in [6, 6.07) is 1.87. The fourth-order valence-electron chi connectivity index (χ4n) is 2.36. The zero-order valence-electron chi connectivity index (χ0n) is 14.7. The average Bonchev–Trinajstić information content (AvgIpc) is 3.14. The summed E-state index contributed by atoms with van der Waals surface area (Å²) in [5, 5.41) is 8.40. The van der Waals surface area contributed by atoms with Crippen LogP contribution in [-0.2, 0) is 50.0 Å². The summed E-state index contributed by atoms with van der Waals surface area (Å²) in [7, 11) is 0. The second-order valence-corrected chi connectivity index (χ2v) is 5.09. The average molecular weight is 419 g/mol. The Morgan fingerprint density at radius 1 is 1.04 bits per heavy atom. The Balaban J connectivity index is -0.000000749. The maximum Gasteiger partial charge on any atom is 0 e. The van der Waals surface area contributed by atoms with Crippen molar-refractivity contribution in [3.05, 3.63) is 44.3 Å². The van der Waals surface area contributed by atoms with Crippen molar-refractivity contribution < 1.29 is 54.8 Å². The number of carbonyl (C=O) groups excluding carboxylic acids is 1. The molecule has 0 aromatic carbocycles. The minimum atomic E-state index is -0.727. The first kappa shape index (κ1) is 29.7. The third-order valence-corrected chi connectivity index (χ3v) is 3.05. The van der Waals surface area contributed by atoms with Crippen LogP contribution in [0.2, 0.25) is 0 Å². The Hall–Kier alpha value is -2.10. The Morgan fingerprint density at radius 3 is 2.04 bits per heavy atom. The fraction of sp³-hybridized carbons (Fsp3) is 0.471. The molecule has 0 aliphatic carbocycles. The molecule has 0 N–H and O–H groups in total. The zero-order valence-corrected chi connectivity index (χ0v) is 15.8. The Bertz CT molecular complexity index is 588. The van der Waals surface area contributed by atoms with Gasteiger partial charge in [-0.3, -0.25) is 0 Å². The van der Waals surface area contributed by atoms with Crippen molar-refractivity contribution in [2.75, 3.05) is 0 Å². The molecule has 0 saturated carbocycles. The van der Waals surface area contributed by atoms with Gasteiger partial charge in [0.15, 0.2) is 18.0 Å². The molecule has 0 spiro atoms. The molecule has 27 heavy (non-hydrogen) atoms. The van der Waals surface area contributed by atoms with E-state index in [0.29, 0.717) is 0 Å². The van der Waals surface area contributed by atoms with Gasteiger partial charge in [-0.05, 0) is 26.8 Å². The summed E-state index contributed by atoms with van der Waals surface area (Å²) in [6.07, 6.45) is 3.71. The monoisotopic (exact) mass is 419 g/mol. The molecule has 146 valence electrons. The number of rotatable bonds is 3. The SMILES string of the molecule is C[C@@H]1OC(C)(C)O[C@H]1[C@H]1OC(=O)O[C@@H]1/C=C/C=C/C#N.[C-]#[O+].[C-]#[O+].[C-]#[O+].[Fe].